The molecule has 136 valence electrons. The lowest BCUT2D eigenvalue weighted by Gasteiger charge is -2.16. The Balaban J connectivity index is 1.52. The molecule has 26 heavy (non-hydrogen) atoms. The Kier molecular flexibility index (Phi) is 5.51. The van der Waals surface area contributed by atoms with Gasteiger partial charge in [0, 0.05) is 25.2 Å². The van der Waals surface area contributed by atoms with E-state index in [-0.39, 0.29) is 24.0 Å². The molecule has 5 nitrogen and oxygen atoms in total. The van der Waals surface area contributed by atoms with E-state index in [1.807, 2.05) is 24.3 Å². The van der Waals surface area contributed by atoms with Gasteiger partial charge in [-0.15, -0.1) is 0 Å². The first-order chi connectivity index (χ1) is 12.6. The zero-order valence-electron chi connectivity index (χ0n) is 14.6. The minimum absolute atomic E-state index is 0.0985. The molecular weight excluding hydrogens is 335 g/mol. The maximum Gasteiger partial charge on any atom is 0.227 e. The van der Waals surface area contributed by atoms with Crippen molar-refractivity contribution in [2.45, 2.75) is 25.8 Å². The number of halogens is 1. The summed E-state index contributed by atoms with van der Waals surface area (Å²) < 4.78 is 18.5. The van der Waals surface area contributed by atoms with E-state index in [2.05, 4.69) is 5.32 Å². The maximum atomic E-state index is 13.7. The van der Waals surface area contributed by atoms with E-state index in [1.165, 1.54) is 19.2 Å². The van der Waals surface area contributed by atoms with Gasteiger partial charge in [-0.2, -0.15) is 0 Å². The molecule has 0 unspecified atom stereocenters. The molecule has 2 amide bonds. The molecule has 0 aliphatic carbocycles. The Bertz CT molecular complexity index is 805. The third-order valence-corrected chi connectivity index (χ3v) is 4.39. The number of rotatable bonds is 6. The predicted octanol–water partition coefficient (Wildman–Crippen LogP) is 2.82. The van der Waals surface area contributed by atoms with Crippen LogP contribution >= 0.6 is 0 Å². The molecule has 6 heteroatoms. The van der Waals surface area contributed by atoms with Crippen molar-refractivity contribution in [3.05, 3.63) is 59.4 Å². The van der Waals surface area contributed by atoms with Crippen LogP contribution in [0.4, 0.5) is 10.1 Å². The predicted molar refractivity (Wildman–Crippen MR) is 96.5 cm³/mol. The number of hydrogen-bond acceptors (Lipinski definition) is 3. The number of benzene rings is 2. The number of carbonyl (C=O) groups is 2. The molecule has 0 saturated carbocycles. The fourth-order valence-electron chi connectivity index (χ4n) is 2.98. The second kappa shape index (κ2) is 7.99. The van der Waals surface area contributed by atoms with Crippen molar-refractivity contribution >= 4 is 17.5 Å². The number of nitrogens with zero attached hydrogens (tertiary/aromatic N) is 1. The highest BCUT2D eigenvalue weighted by molar-refractivity contribution is 5.95. The van der Waals surface area contributed by atoms with Crippen LogP contribution in [-0.2, 0) is 22.6 Å². The van der Waals surface area contributed by atoms with Crippen molar-refractivity contribution in [3.63, 3.8) is 0 Å². The summed E-state index contributed by atoms with van der Waals surface area (Å²) in [7, 11) is 1.40. The van der Waals surface area contributed by atoms with Gasteiger partial charge in [-0.25, -0.2) is 4.39 Å². The molecule has 1 fully saturated rings. The third-order valence-electron chi connectivity index (χ3n) is 4.39. The molecule has 1 N–H and O–H groups in total. The molecule has 1 saturated heterocycles. The monoisotopic (exact) mass is 356 g/mol. The van der Waals surface area contributed by atoms with Crippen LogP contribution in [0.15, 0.2) is 42.5 Å². The van der Waals surface area contributed by atoms with Crippen LogP contribution in [0.5, 0.6) is 5.75 Å². The molecule has 0 atom stereocenters. The Morgan fingerprint density at radius 2 is 1.92 bits per heavy atom. The number of anilines is 1. The van der Waals surface area contributed by atoms with Crippen molar-refractivity contribution in [2.24, 2.45) is 0 Å². The lowest BCUT2D eigenvalue weighted by atomic mass is 10.1. The van der Waals surface area contributed by atoms with E-state index < -0.39 is 5.82 Å². The van der Waals surface area contributed by atoms with Crippen molar-refractivity contribution < 1.29 is 18.7 Å². The fourth-order valence-corrected chi connectivity index (χ4v) is 2.98. The summed E-state index contributed by atoms with van der Waals surface area (Å²) >= 11 is 0. The Hall–Kier alpha value is -2.89. The molecule has 0 bridgehead atoms. The van der Waals surface area contributed by atoms with Gasteiger partial charge >= 0.3 is 0 Å². The lowest BCUT2D eigenvalue weighted by Crippen LogP contribution is -2.25. The summed E-state index contributed by atoms with van der Waals surface area (Å²) in [5.41, 5.74) is 2.41. The van der Waals surface area contributed by atoms with Gasteiger partial charge in [0.15, 0.2) is 11.6 Å². The number of nitrogens with one attached hydrogen (secondary N) is 1. The average molecular weight is 356 g/mol. The summed E-state index contributed by atoms with van der Waals surface area (Å²) in [5.74, 6) is -0.360. The molecule has 1 aliphatic rings. The quantitative estimate of drug-likeness (QED) is 0.866. The van der Waals surface area contributed by atoms with E-state index >= 15 is 0 Å². The van der Waals surface area contributed by atoms with E-state index in [4.69, 9.17) is 4.74 Å². The zero-order chi connectivity index (χ0) is 18.5. The number of methoxy groups -OCH3 is 1. The van der Waals surface area contributed by atoms with Crippen molar-refractivity contribution in [1.82, 2.24) is 5.32 Å². The Morgan fingerprint density at radius 3 is 2.54 bits per heavy atom. The average Bonchev–Trinajstić information content (AvgIpc) is 3.06. The molecule has 2 aromatic rings. The fraction of sp³-hybridized carbons (Fsp3) is 0.300. The molecule has 0 aromatic heterocycles. The van der Waals surface area contributed by atoms with Crippen LogP contribution in [0, 0.1) is 5.82 Å². The minimum atomic E-state index is -0.482. The van der Waals surface area contributed by atoms with E-state index in [1.54, 1.807) is 11.0 Å². The van der Waals surface area contributed by atoms with Crippen LogP contribution in [-0.4, -0.2) is 25.5 Å². The van der Waals surface area contributed by atoms with Gasteiger partial charge in [0.2, 0.25) is 11.8 Å². The lowest BCUT2D eigenvalue weighted by molar-refractivity contribution is -0.120. The van der Waals surface area contributed by atoms with E-state index in [0.717, 1.165) is 24.2 Å². The van der Waals surface area contributed by atoms with Crippen molar-refractivity contribution in [3.8, 4) is 5.75 Å². The first kappa shape index (κ1) is 17.9. The highest BCUT2D eigenvalue weighted by Gasteiger charge is 2.21. The first-order valence-corrected chi connectivity index (χ1v) is 8.55. The third kappa shape index (κ3) is 4.20. The molecule has 2 aromatic carbocycles. The summed E-state index contributed by atoms with van der Waals surface area (Å²) in [6.07, 6.45) is 1.59. The Morgan fingerprint density at radius 1 is 1.19 bits per heavy atom. The van der Waals surface area contributed by atoms with Gasteiger partial charge in [-0.05, 0) is 41.8 Å². The number of hydrogen-bond donors (Lipinski definition) is 1. The molecule has 3 rings (SSSR count). The Labute approximate surface area is 151 Å². The largest absolute Gasteiger partial charge is 0.494 e. The number of ether oxygens (including phenoxy) is 1. The van der Waals surface area contributed by atoms with Crippen LogP contribution in [0.1, 0.15) is 24.0 Å². The summed E-state index contributed by atoms with van der Waals surface area (Å²) in [6, 6.07) is 12.1. The van der Waals surface area contributed by atoms with Gasteiger partial charge in [0.25, 0.3) is 0 Å². The summed E-state index contributed by atoms with van der Waals surface area (Å²) in [4.78, 5) is 25.6. The molecule has 0 radical (unpaired) electrons. The van der Waals surface area contributed by atoms with Gasteiger partial charge in [0.05, 0.1) is 13.5 Å². The standard InChI is InChI=1S/C20H21FN2O3/c1-26-18-9-6-15(11-17(18)21)12-19(24)22-13-14-4-7-16(8-5-14)23-10-2-3-20(23)25/h4-9,11H,2-3,10,12-13H2,1H3,(H,22,24). The second-order valence-corrected chi connectivity index (χ2v) is 6.24. The van der Waals surface area contributed by atoms with Gasteiger partial charge in [0.1, 0.15) is 0 Å². The van der Waals surface area contributed by atoms with Gasteiger partial charge < -0.3 is 15.0 Å². The highest BCUT2D eigenvalue weighted by atomic mass is 19.1. The van der Waals surface area contributed by atoms with Crippen LogP contribution in [0.25, 0.3) is 0 Å². The smallest absolute Gasteiger partial charge is 0.227 e. The number of amides is 2. The molecular formula is C20H21FN2O3. The van der Waals surface area contributed by atoms with Crippen molar-refractivity contribution in [1.29, 1.82) is 0 Å². The minimum Gasteiger partial charge on any atom is -0.494 e. The molecule has 1 aliphatic heterocycles. The van der Waals surface area contributed by atoms with Gasteiger partial charge in [-0.3, -0.25) is 9.59 Å². The van der Waals surface area contributed by atoms with Gasteiger partial charge in [-0.1, -0.05) is 18.2 Å². The van der Waals surface area contributed by atoms with E-state index in [9.17, 15) is 14.0 Å². The van der Waals surface area contributed by atoms with Crippen molar-refractivity contribution in [2.75, 3.05) is 18.6 Å². The summed E-state index contributed by atoms with van der Waals surface area (Å²) in [6.45, 7) is 1.14. The van der Waals surface area contributed by atoms with Crippen LogP contribution < -0.4 is 15.0 Å². The number of carbonyl (C=O) groups excluding carboxylic acids is 2. The van der Waals surface area contributed by atoms with E-state index in [0.29, 0.717) is 18.5 Å². The SMILES string of the molecule is COc1ccc(CC(=O)NCc2ccc(N3CCCC3=O)cc2)cc1F. The molecule has 0 spiro atoms. The summed E-state index contributed by atoms with van der Waals surface area (Å²) in [5, 5.41) is 2.82. The topological polar surface area (TPSA) is 58.6 Å². The first-order valence-electron chi connectivity index (χ1n) is 8.55. The zero-order valence-corrected chi connectivity index (χ0v) is 14.6. The van der Waals surface area contributed by atoms with Crippen LogP contribution in [0.2, 0.25) is 0 Å². The normalized spacial score (nSPS) is 13.8. The maximum absolute atomic E-state index is 13.7. The highest BCUT2D eigenvalue weighted by Crippen LogP contribution is 2.21. The molecule has 1 heterocycles. The second-order valence-electron chi connectivity index (χ2n) is 6.24. The van der Waals surface area contributed by atoms with Crippen LogP contribution in [0.3, 0.4) is 0 Å².